The Morgan fingerprint density at radius 2 is 0.773 bits per heavy atom. The van der Waals surface area contributed by atoms with Gasteiger partial charge in [-0.1, -0.05) is 0 Å². The standard InChI is InChI=1S/C38H74N18O10/c1-21(29(59)52-26(13-8-20-50-38(46)47)33(63)54-24(11-3-5-17-40)34(64)56-27(35(65)66)14-15-28(57)58)51-31(61)25(12-7-19-49-37(44)45)55-32(62)23(10-2-4-16-39)53-30(60)22(41)9-6-18-48-36(42)43/h21-27H,2-20,39-41H2,1H3,(H,51,61)(H,52,59)(H,53,60)(H,54,63)(H,55,62)(H,56,64)(H,57,58)(H,65,66)(H4,42,43,48)(H4,44,45,49)(H4,46,47,50). The molecule has 0 fully saturated rings. The highest BCUT2D eigenvalue weighted by Crippen LogP contribution is 2.09. The van der Waals surface area contributed by atoms with Gasteiger partial charge in [0.05, 0.1) is 6.04 Å². The molecule has 0 aliphatic carbocycles. The summed E-state index contributed by atoms with van der Waals surface area (Å²) in [4.78, 5) is 116. The van der Waals surface area contributed by atoms with E-state index in [2.05, 4.69) is 46.9 Å². The number of amides is 6. The van der Waals surface area contributed by atoms with E-state index in [0.717, 1.165) is 0 Å². The van der Waals surface area contributed by atoms with Gasteiger partial charge in [0.2, 0.25) is 35.4 Å². The van der Waals surface area contributed by atoms with E-state index in [4.69, 9.17) is 56.7 Å². The van der Waals surface area contributed by atoms with Gasteiger partial charge in [-0.3, -0.25) is 48.5 Å². The van der Waals surface area contributed by atoms with E-state index >= 15 is 0 Å². The first kappa shape index (κ1) is 59.4. The van der Waals surface area contributed by atoms with Crippen LogP contribution in [0, 0.1) is 0 Å². The summed E-state index contributed by atoms with van der Waals surface area (Å²) in [7, 11) is 0. The lowest BCUT2D eigenvalue weighted by atomic mass is 10.0. The summed E-state index contributed by atoms with van der Waals surface area (Å²) in [6.45, 7) is 2.22. The number of aliphatic imine (C=N–C) groups is 3. The van der Waals surface area contributed by atoms with Crippen LogP contribution in [0.5, 0.6) is 0 Å². The number of aliphatic carboxylic acids is 2. The molecule has 0 bridgehead atoms. The molecular formula is C38H74N18O10. The maximum absolute atomic E-state index is 13.8. The van der Waals surface area contributed by atoms with E-state index < -0.39 is 103 Å². The molecule has 26 N–H and O–H groups in total. The maximum Gasteiger partial charge on any atom is 0.326 e. The minimum Gasteiger partial charge on any atom is -0.481 e. The van der Waals surface area contributed by atoms with Crippen LogP contribution in [0.3, 0.4) is 0 Å². The van der Waals surface area contributed by atoms with E-state index in [1.54, 1.807) is 0 Å². The third-order valence-electron chi connectivity index (χ3n) is 9.63. The summed E-state index contributed by atoms with van der Waals surface area (Å²) in [6.07, 6.45) is 1.67. The molecule has 0 aromatic heterocycles. The van der Waals surface area contributed by atoms with Crippen molar-refractivity contribution in [2.24, 2.45) is 66.6 Å². The van der Waals surface area contributed by atoms with Gasteiger partial charge in [0.1, 0.15) is 36.3 Å². The van der Waals surface area contributed by atoms with Crippen LogP contribution in [-0.2, 0) is 38.4 Å². The Bertz CT molecular complexity index is 1650. The molecule has 6 amide bonds. The summed E-state index contributed by atoms with van der Waals surface area (Å²) in [5.74, 6) is -8.15. The summed E-state index contributed by atoms with van der Waals surface area (Å²) in [5, 5.41) is 33.8. The Balaban J connectivity index is 6.39. The lowest BCUT2D eigenvalue weighted by Crippen LogP contribution is -2.59. The van der Waals surface area contributed by atoms with Crippen molar-refractivity contribution in [3.8, 4) is 0 Å². The Labute approximate surface area is 383 Å². The fourth-order valence-electron chi connectivity index (χ4n) is 6.02. The van der Waals surface area contributed by atoms with Gasteiger partial charge >= 0.3 is 11.9 Å². The third kappa shape index (κ3) is 27.6. The van der Waals surface area contributed by atoms with Crippen molar-refractivity contribution in [3.05, 3.63) is 0 Å². The van der Waals surface area contributed by atoms with E-state index in [-0.39, 0.29) is 89.0 Å². The van der Waals surface area contributed by atoms with E-state index in [1.807, 2.05) is 0 Å². The average molecular weight is 943 g/mol. The molecule has 28 heteroatoms. The highest BCUT2D eigenvalue weighted by atomic mass is 16.4. The molecule has 0 aromatic rings. The number of hydrogen-bond donors (Lipinski definition) is 17. The minimum atomic E-state index is -1.58. The number of rotatable bonds is 36. The van der Waals surface area contributed by atoms with E-state index in [0.29, 0.717) is 38.6 Å². The molecule has 66 heavy (non-hydrogen) atoms. The number of hydrogen-bond acceptors (Lipinski definition) is 14. The number of carbonyl (C=O) groups is 8. The van der Waals surface area contributed by atoms with Crippen LogP contribution < -0.4 is 83.5 Å². The van der Waals surface area contributed by atoms with Crippen molar-refractivity contribution >= 4 is 65.3 Å². The second-order valence-corrected chi connectivity index (χ2v) is 15.3. The topological polar surface area (TPSA) is 520 Å². The molecular weight excluding hydrogens is 869 g/mol. The zero-order chi connectivity index (χ0) is 50.2. The minimum absolute atomic E-state index is 0.00250. The quantitative estimate of drug-likeness (QED) is 0.0158. The number of carboxylic acid groups (broad SMARTS) is 2. The molecule has 376 valence electrons. The number of carboxylic acids is 2. The van der Waals surface area contributed by atoms with Crippen LogP contribution in [0.4, 0.5) is 0 Å². The van der Waals surface area contributed by atoms with Crippen LogP contribution in [-0.4, -0.2) is 150 Å². The van der Waals surface area contributed by atoms with Crippen molar-refractivity contribution in [1.82, 2.24) is 31.9 Å². The van der Waals surface area contributed by atoms with Crippen molar-refractivity contribution in [2.75, 3.05) is 32.7 Å². The van der Waals surface area contributed by atoms with E-state index in [9.17, 15) is 43.5 Å². The van der Waals surface area contributed by atoms with Gasteiger partial charge in [0.25, 0.3) is 0 Å². The second-order valence-electron chi connectivity index (χ2n) is 15.3. The molecule has 28 nitrogen and oxygen atoms in total. The highest BCUT2D eigenvalue weighted by Gasteiger charge is 2.32. The van der Waals surface area contributed by atoms with Gasteiger partial charge in [0, 0.05) is 26.1 Å². The fourth-order valence-corrected chi connectivity index (χ4v) is 6.02. The number of nitrogens with one attached hydrogen (secondary N) is 6. The Hall–Kier alpha value is -6.55. The fraction of sp³-hybridized carbons (Fsp3) is 0.711. The van der Waals surface area contributed by atoms with Gasteiger partial charge in [0.15, 0.2) is 17.9 Å². The molecule has 0 heterocycles. The van der Waals surface area contributed by atoms with Crippen molar-refractivity contribution in [3.63, 3.8) is 0 Å². The molecule has 0 rings (SSSR count). The molecule has 0 saturated heterocycles. The highest BCUT2D eigenvalue weighted by molar-refractivity contribution is 5.97. The van der Waals surface area contributed by atoms with E-state index in [1.165, 1.54) is 6.92 Å². The molecule has 0 saturated carbocycles. The van der Waals surface area contributed by atoms with Crippen molar-refractivity contribution in [1.29, 1.82) is 0 Å². The van der Waals surface area contributed by atoms with Gasteiger partial charge in [-0.2, -0.15) is 0 Å². The monoisotopic (exact) mass is 943 g/mol. The predicted octanol–water partition coefficient (Wildman–Crippen LogP) is -6.39. The average Bonchev–Trinajstić information content (AvgIpc) is 3.24. The summed E-state index contributed by atoms with van der Waals surface area (Å²) in [6, 6.07) is -9.05. The van der Waals surface area contributed by atoms with Gasteiger partial charge < -0.3 is 93.7 Å². The Kier molecular flexibility index (Phi) is 30.5. The maximum atomic E-state index is 13.8. The summed E-state index contributed by atoms with van der Waals surface area (Å²) in [5.41, 5.74) is 49.8. The van der Waals surface area contributed by atoms with Crippen LogP contribution >= 0.6 is 0 Å². The number of unbranched alkanes of at least 4 members (excludes halogenated alkanes) is 2. The first-order valence-corrected chi connectivity index (χ1v) is 21.7. The van der Waals surface area contributed by atoms with Gasteiger partial charge in [-0.05, 0) is 103 Å². The number of carbonyl (C=O) groups excluding carboxylic acids is 6. The normalized spacial score (nSPS) is 13.9. The zero-order valence-corrected chi connectivity index (χ0v) is 37.7. The number of nitrogens with two attached hydrogens (primary N) is 9. The van der Waals surface area contributed by atoms with Crippen LogP contribution in [0.15, 0.2) is 15.0 Å². The first-order valence-electron chi connectivity index (χ1n) is 21.7. The molecule has 0 radical (unpaired) electrons. The van der Waals surface area contributed by atoms with Crippen LogP contribution in [0.25, 0.3) is 0 Å². The smallest absolute Gasteiger partial charge is 0.326 e. The van der Waals surface area contributed by atoms with Gasteiger partial charge in [-0.15, -0.1) is 0 Å². The number of nitrogens with zero attached hydrogens (tertiary/aromatic N) is 3. The SMILES string of the molecule is CC(NC(=O)C(CCCN=C(N)N)NC(=O)C(CCCCN)NC(=O)C(N)CCCN=C(N)N)C(=O)NC(CCCN=C(N)N)C(=O)NC(CCCCN)C(=O)NC(CCC(=O)O)C(=O)O. The molecule has 0 aliphatic rings. The van der Waals surface area contributed by atoms with Gasteiger partial charge in [-0.25, -0.2) is 4.79 Å². The molecule has 7 unspecified atom stereocenters. The Morgan fingerprint density at radius 1 is 0.439 bits per heavy atom. The van der Waals surface area contributed by atoms with Crippen LogP contribution in [0.1, 0.15) is 96.8 Å². The lowest BCUT2D eigenvalue weighted by molar-refractivity contribution is -0.143. The molecule has 0 spiro atoms. The Morgan fingerprint density at radius 3 is 1.14 bits per heavy atom. The molecule has 0 aromatic carbocycles. The third-order valence-corrected chi connectivity index (χ3v) is 9.63. The predicted molar refractivity (Wildman–Crippen MR) is 245 cm³/mol. The second kappa shape index (κ2) is 33.9. The largest absolute Gasteiger partial charge is 0.481 e. The molecule has 0 aliphatic heterocycles. The van der Waals surface area contributed by atoms with Crippen LogP contribution in [0.2, 0.25) is 0 Å². The number of guanidine groups is 3. The first-order chi connectivity index (χ1) is 31.1. The molecule has 7 atom stereocenters. The summed E-state index contributed by atoms with van der Waals surface area (Å²) >= 11 is 0. The lowest BCUT2D eigenvalue weighted by Gasteiger charge is -2.27. The zero-order valence-electron chi connectivity index (χ0n) is 37.7. The van der Waals surface area contributed by atoms with Crippen molar-refractivity contribution < 1.29 is 48.6 Å². The van der Waals surface area contributed by atoms with Crippen molar-refractivity contribution in [2.45, 2.75) is 139 Å². The summed E-state index contributed by atoms with van der Waals surface area (Å²) < 4.78 is 0.